The largest absolute Gasteiger partial charge is 0.497 e. The van der Waals surface area contributed by atoms with E-state index in [9.17, 15) is 4.79 Å². The molecule has 0 saturated carbocycles. The molecule has 0 aliphatic rings. The number of rotatable bonds is 6. The normalized spacial score (nSPS) is 10.4. The SMILES string of the molecule is COc1ccc(-c2nc(Nc3ccccc3)sc2CC(=O)O)cc1. The monoisotopic (exact) mass is 340 g/mol. The zero-order chi connectivity index (χ0) is 16.9. The van der Waals surface area contributed by atoms with Crippen molar-refractivity contribution in [1.29, 1.82) is 0 Å². The van der Waals surface area contributed by atoms with Crippen LogP contribution in [0.25, 0.3) is 11.3 Å². The van der Waals surface area contributed by atoms with Crippen LogP contribution in [0.4, 0.5) is 10.8 Å². The number of carbonyl (C=O) groups is 1. The third-order valence-electron chi connectivity index (χ3n) is 3.40. The first kappa shape index (κ1) is 16.0. The molecule has 3 rings (SSSR count). The highest BCUT2D eigenvalue weighted by Crippen LogP contribution is 2.33. The minimum Gasteiger partial charge on any atom is -0.497 e. The highest BCUT2D eigenvalue weighted by molar-refractivity contribution is 7.16. The molecule has 0 unspecified atom stereocenters. The first-order valence-corrected chi connectivity index (χ1v) is 8.15. The topological polar surface area (TPSA) is 71.5 Å². The number of anilines is 2. The molecule has 5 nitrogen and oxygen atoms in total. The molecule has 2 N–H and O–H groups in total. The van der Waals surface area contributed by atoms with Crippen molar-refractivity contribution in [2.24, 2.45) is 0 Å². The maximum absolute atomic E-state index is 11.2. The molecule has 0 aliphatic carbocycles. The number of thiazole rings is 1. The van der Waals surface area contributed by atoms with E-state index < -0.39 is 5.97 Å². The fourth-order valence-electron chi connectivity index (χ4n) is 2.28. The maximum atomic E-state index is 11.2. The summed E-state index contributed by atoms with van der Waals surface area (Å²) >= 11 is 1.35. The molecule has 1 aromatic heterocycles. The van der Waals surface area contributed by atoms with E-state index in [2.05, 4.69) is 10.3 Å². The number of aromatic nitrogens is 1. The first-order chi connectivity index (χ1) is 11.7. The Morgan fingerprint density at radius 3 is 2.50 bits per heavy atom. The van der Waals surface area contributed by atoms with E-state index in [4.69, 9.17) is 9.84 Å². The molecule has 0 atom stereocenters. The fraction of sp³-hybridized carbons (Fsp3) is 0.111. The van der Waals surface area contributed by atoms with Crippen molar-refractivity contribution in [2.45, 2.75) is 6.42 Å². The van der Waals surface area contributed by atoms with E-state index >= 15 is 0 Å². The highest BCUT2D eigenvalue weighted by Gasteiger charge is 2.16. The Balaban J connectivity index is 1.95. The third kappa shape index (κ3) is 3.72. The molecule has 0 spiro atoms. The third-order valence-corrected chi connectivity index (χ3v) is 4.37. The molecule has 0 fully saturated rings. The predicted molar refractivity (Wildman–Crippen MR) is 95.2 cm³/mol. The molecule has 122 valence electrons. The second-order valence-electron chi connectivity index (χ2n) is 5.08. The van der Waals surface area contributed by atoms with Gasteiger partial charge in [-0.3, -0.25) is 4.79 Å². The molecule has 6 heteroatoms. The number of aliphatic carboxylic acids is 1. The van der Waals surface area contributed by atoms with Gasteiger partial charge in [-0.2, -0.15) is 0 Å². The van der Waals surface area contributed by atoms with Gasteiger partial charge in [-0.25, -0.2) is 4.98 Å². The molecular formula is C18H16N2O3S. The Morgan fingerprint density at radius 1 is 1.17 bits per heavy atom. The number of ether oxygens (including phenoxy) is 1. The van der Waals surface area contributed by atoms with E-state index in [1.807, 2.05) is 54.6 Å². The Hall–Kier alpha value is -2.86. The molecule has 1 heterocycles. The molecule has 0 radical (unpaired) electrons. The Morgan fingerprint density at radius 2 is 1.88 bits per heavy atom. The van der Waals surface area contributed by atoms with Crippen LogP contribution < -0.4 is 10.1 Å². The summed E-state index contributed by atoms with van der Waals surface area (Å²) in [6.45, 7) is 0. The summed E-state index contributed by atoms with van der Waals surface area (Å²) in [5.74, 6) is -0.129. The van der Waals surface area contributed by atoms with Gasteiger partial charge >= 0.3 is 5.97 Å². The number of carboxylic acids is 1. The van der Waals surface area contributed by atoms with Gasteiger partial charge in [0.1, 0.15) is 5.75 Å². The minimum atomic E-state index is -0.875. The van der Waals surface area contributed by atoms with Crippen molar-refractivity contribution >= 4 is 28.1 Å². The van der Waals surface area contributed by atoms with E-state index in [-0.39, 0.29) is 6.42 Å². The molecule has 0 bridgehead atoms. The summed E-state index contributed by atoms with van der Waals surface area (Å²) in [6.07, 6.45) is -0.0600. The van der Waals surface area contributed by atoms with Crippen molar-refractivity contribution in [3.63, 3.8) is 0 Å². The zero-order valence-electron chi connectivity index (χ0n) is 13.0. The second-order valence-corrected chi connectivity index (χ2v) is 6.16. The van der Waals surface area contributed by atoms with Crippen LogP contribution in [0.1, 0.15) is 4.88 Å². The van der Waals surface area contributed by atoms with Crippen LogP contribution in [-0.4, -0.2) is 23.2 Å². The minimum absolute atomic E-state index is 0.0600. The summed E-state index contributed by atoms with van der Waals surface area (Å²) in [5, 5.41) is 13.0. The van der Waals surface area contributed by atoms with E-state index in [1.165, 1.54) is 11.3 Å². The van der Waals surface area contributed by atoms with Crippen molar-refractivity contribution in [2.75, 3.05) is 12.4 Å². The van der Waals surface area contributed by atoms with Crippen LogP contribution in [0, 0.1) is 0 Å². The molecule has 0 aliphatic heterocycles. The molecule has 3 aromatic rings. The van der Waals surface area contributed by atoms with E-state index in [0.717, 1.165) is 17.0 Å². The van der Waals surface area contributed by atoms with Gasteiger partial charge in [0.25, 0.3) is 0 Å². The van der Waals surface area contributed by atoms with Gasteiger partial charge < -0.3 is 15.2 Å². The van der Waals surface area contributed by atoms with Crippen LogP contribution in [-0.2, 0) is 11.2 Å². The lowest BCUT2D eigenvalue weighted by Crippen LogP contribution is -1.99. The number of para-hydroxylation sites is 1. The summed E-state index contributed by atoms with van der Waals surface area (Å²) in [4.78, 5) is 16.5. The average Bonchev–Trinajstić information content (AvgIpc) is 2.97. The summed E-state index contributed by atoms with van der Waals surface area (Å²) in [7, 11) is 1.61. The Labute approximate surface area is 143 Å². The van der Waals surface area contributed by atoms with Crippen molar-refractivity contribution in [1.82, 2.24) is 4.98 Å². The molecule has 0 amide bonds. The lowest BCUT2D eigenvalue weighted by molar-refractivity contribution is -0.136. The number of methoxy groups -OCH3 is 1. The van der Waals surface area contributed by atoms with Gasteiger partial charge in [0.2, 0.25) is 0 Å². The summed E-state index contributed by atoms with van der Waals surface area (Å²) in [6, 6.07) is 17.1. The standard InChI is InChI=1S/C18H16N2O3S/c1-23-14-9-7-12(8-10-14)17-15(11-16(21)22)24-18(20-17)19-13-5-3-2-4-6-13/h2-10H,11H2,1H3,(H,19,20)(H,21,22). The van der Waals surface area contributed by atoms with Crippen molar-refractivity contribution in [3.8, 4) is 17.0 Å². The Kier molecular flexibility index (Phi) is 4.77. The number of hydrogen-bond donors (Lipinski definition) is 2. The molecule has 0 saturated heterocycles. The van der Waals surface area contributed by atoms with Gasteiger partial charge in [0, 0.05) is 16.1 Å². The zero-order valence-corrected chi connectivity index (χ0v) is 13.8. The van der Waals surface area contributed by atoms with Crippen molar-refractivity contribution < 1.29 is 14.6 Å². The predicted octanol–water partition coefficient (Wildman–Crippen LogP) is 4.19. The van der Waals surface area contributed by atoms with Crippen LogP contribution in [0.3, 0.4) is 0 Å². The molecule has 24 heavy (non-hydrogen) atoms. The van der Waals surface area contributed by atoms with Gasteiger partial charge in [-0.15, -0.1) is 11.3 Å². The van der Waals surface area contributed by atoms with Crippen molar-refractivity contribution in [3.05, 3.63) is 59.5 Å². The van der Waals surface area contributed by atoms with Gasteiger partial charge in [-0.05, 0) is 36.4 Å². The average molecular weight is 340 g/mol. The summed E-state index contributed by atoms with van der Waals surface area (Å²) in [5.41, 5.74) is 2.46. The number of nitrogens with one attached hydrogen (secondary N) is 1. The number of nitrogens with zero attached hydrogens (tertiary/aromatic N) is 1. The molecular weight excluding hydrogens is 324 g/mol. The van der Waals surface area contributed by atoms with Gasteiger partial charge in [-0.1, -0.05) is 18.2 Å². The van der Waals surface area contributed by atoms with E-state index in [0.29, 0.717) is 15.7 Å². The number of carboxylic acid groups (broad SMARTS) is 1. The highest BCUT2D eigenvalue weighted by atomic mass is 32.1. The van der Waals surface area contributed by atoms with E-state index in [1.54, 1.807) is 7.11 Å². The maximum Gasteiger partial charge on any atom is 0.308 e. The van der Waals surface area contributed by atoms with Crippen LogP contribution in [0.2, 0.25) is 0 Å². The van der Waals surface area contributed by atoms with Gasteiger partial charge in [0.15, 0.2) is 5.13 Å². The lowest BCUT2D eigenvalue weighted by atomic mass is 10.1. The van der Waals surface area contributed by atoms with Crippen LogP contribution in [0.15, 0.2) is 54.6 Å². The smallest absolute Gasteiger partial charge is 0.308 e. The second kappa shape index (κ2) is 7.14. The lowest BCUT2D eigenvalue weighted by Gasteiger charge is -2.03. The number of benzene rings is 2. The fourth-order valence-corrected chi connectivity index (χ4v) is 3.28. The van der Waals surface area contributed by atoms with Crippen LogP contribution in [0.5, 0.6) is 5.75 Å². The summed E-state index contributed by atoms with van der Waals surface area (Å²) < 4.78 is 5.16. The molecule has 2 aromatic carbocycles. The number of hydrogen-bond acceptors (Lipinski definition) is 5. The van der Waals surface area contributed by atoms with Gasteiger partial charge in [0.05, 0.1) is 19.2 Å². The Bertz CT molecular complexity index is 829. The quantitative estimate of drug-likeness (QED) is 0.704. The first-order valence-electron chi connectivity index (χ1n) is 7.33. The van der Waals surface area contributed by atoms with Crippen LogP contribution >= 0.6 is 11.3 Å².